The molecule has 0 unspecified atom stereocenters. The Morgan fingerprint density at radius 1 is 1.50 bits per heavy atom. The summed E-state index contributed by atoms with van der Waals surface area (Å²) in [7, 11) is 0. The van der Waals surface area contributed by atoms with Crippen molar-refractivity contribution < 1.29 is 18.0 Å². The molecule has 0 bridgehead atoms. The van der Waals surface area contributed by atoms with E-state index >= 15 is 0 Å². The van der Waals surface area contributed by atoms with Gasteiger partial charge < -0.3 is 0 Å². The fourth-order valence-corrected chi connectivity index (χ4v) is 1.45. The monoisotopic (exact) mass is 221 g/mol. The molecule has 0 atom stereocenters. The van der Waals surface area contributed by atoms with Gasteiger partial charge in [0.1, 0.15) is 4.88 Å². The minimum absolute atomic E-state index is 0.227. The molecule has 1 amide bonds. The standard InChI is InChI=1S/C6H2F3N3OS/c7-6(8,9)4-2-1-3(14-4)5(13)11-12-10/h1-2H. The van der Waals surface area contributed by atoms with Gasteiger partial charge in [-0.2, -0.15) is 13.2 Å². The third kappa shape index (κ3) is 2.24. The third-order valence-corrected chi connectivity index (χ3v) is 2.35. The Balaban J connectivity index is 3.00. The zero-order chi connectivity index (χ0) is 10.8. The van der Waals surface area contributed by atoms with E-state index < -0.39 is 17.0 Å². The molecule has 0 aliphatic rings. The minimum atomic E-state index is -4.47. The molecule has 1 aromatic heterocycles. The van der Waals surface area contributed by atoms with Crippen molar-refractivity contribution in [3.05, 3.63) is 32.3 Å². The van der Waals surface area contributed by atoms with Gasteiger partial charge in [0, 0.05) is 4.91 Å². The van der Waals surface area contributed by atoms with Gasteiger partial charge in [-0.25, -0.2) is 0 Å². The van der Waals surface area contributed by atoms with E-state index in [1.165, 1.54) is 0 Å². The maximum Gasteiger partial charge on any atom is 0.425 e. The van der Waals surface area contributed by atoms with E-state index in [1.54, 1.807) is 0 Å². The van der Waals surface area contributed by atoms with Crippen molar-refractivity contribution in [1.82, 2.24) is 0 Å². The quantitative estimate of drug-likeness (QED) is 0.408. The van der Waals surface area contributed by atoms with Crippen molar-refractivity contribution >= 4 is 17.2 Å². The molecule has 74 valence electrons. The van der Waals surface area contributed by atoms with Gasteiger partial charge in [0.15, 0.2) is 0 Å². The molecule has 0 fully saturated rings. The fraction of sp³-hybridized carbons (Fsp3) is 0.167. The van der Waals surface area contributed by atoms with E-state index in [0.717, 1.165) is 12.1 Å². The maximum absolute atomic E-state index is 12.0. The second-order valence-corrected chi connectivity index (χ2v) is 3.24. The molecule has 0 aromatic carbocycles. The van der Waals surface area contributed by atoms with Gasteiger partial charge in [-0.15, -0.1) is 11.3 Å². The van der Waals surface area contributed by atoms with Crippen LogP contribution in [0, 0.1) is 0 Å². The zero-order valence-electron chi connectivity index (χ0n) is 6.45. The van der Waals surface area contributed by atoms with Gasteiger partial charge in [0.2, 0.25) is 0 Å². The molecule has 1 heterocycles. The van der Waals surface area contributed by atoms with Crippen LogP contribution in [0.4, 0.5) is 13.2 Å². The van der Waals surface area contributed by atoms with Crippen molar-refractivity contribution in [2.24, 2.45) is 5.11 Å². The van der Waals surface area contributed by atoms with Crippen molar-refractivity contribution in [3.63, 3.8) is 0 Å². The summed E-state index contributed by atoms with van der Waals surface area (Å²) in [6.07, 6.45) is -4.47. The summed E-state index contributed by atoms with van der Waals surface area (Å²) in [5.74, 6) is -1.01. The number of thiophene rings is 1. The van der Waals surface area contributed by atoms with Gasteiger partial charge in [-0.05, 0) is 22.8 Å². The van der Waals surface area contributed by atoms with Crippen LogP contribution in [0.2, 0.25) is 0 Å². The van der Waals surface area contributed by atoms with Gasteiger partial charge >= 0.3 is 6.18 Å². The lowest BCUT2D eigenvalue weighted by molar-refractivity contribution is -0.134. The first kappa shape index (κ1) is 10.6. The van der Waals surface area contributed by atoms with E-state index in [0.29, 0.717) is 0 Å². The summed E-state index contributed by atoms with van der Waals surface area (Å²) in [5, 5.41) is 2.67. The first-order valence-electron chi connectivity index (χ1n) is 3.21. The topological polar surface area (TPSA) is 65.8 Å². The van der Waals surface area contributed by atoms with E-state index in [1.807, 2.05) is 0 Å². The highest BCUT2D eigenvalue weighted by atomic mass is 32.1. The average molecular weight is 221 g/mol. The lowest BCUT2D eigenvalue weighted by Gasteiger charge is -1.99. The van der Waals surface area contributed by atoms with E-state index in [-0.39, 0.29) is 16.2 Å². The summed E-state index contributed by atoms with van der Waals surface area (Å²) in [4.78, 5) is 11.9. The largest absolute Gasteiger partial charge is 0.425 e. The van der Waals surface area contributed by atoms with Gasteiger partial charge in [0.05, 0.1) is 4.88 Å². The van der Waals surface area contributed by atoms with Crippen LogP contribution >= 0.6 is 11.3 Å². The molecule has 4 nitrogen and oxygen atoms in total. The number of alkyl halides is 3. The smallest absolute Gasteiger partial charge is 0.286 e. The third-order valence-electron chi connectivity index (χ3n) is 1.23. The SMILES string of the molecule is [N-]=[N+]=NC(=O)c1ccc(C(F)(F)F)s1. The highest BCUT2D eigenvalue weighted by Gasteiger charge is 2.32. The van der Waals surface area contributed by atoms with Gasteiger partial charge in [0.25, 0.3) is 5.91 Å². The van der Waals surface area contributed by atoms with E-state index in [2.05, 4.69) is 10.0 Å². The zero-order valence-corrected chi connectivity index (χ0v) is 7.26. The van der Waals surface area contributed by atoms with Crippen LogP contribution in [0.15, 0.2) is 17.2 Å². The number of azide groups is 1. The molecule has 0 spiro atoms. The van der Waals surface area contributed by atoms with E-state index in [9.17, 15) is 18.0 Å². The second-order valence-electron chi connectivity index (χ2n) is 2.16. The van der Waals surface area contributed by atoms with Crippen LogP contribution < -0.4 is 0 Å². The summed E-state index contributed by atoms with van der Waals surface area (Å²) < 4.78 is 36.1. The number of carbonyl (C=O) groups excluding carboxylic acids is 1. The highest BCUT2D eigenvalue weighted by molar-refractivity contribution is 7.14. The van der Waals surface area contributed by atoms with Crippen LogP contribution in [0.3, 0.4) is 0 Å². The molecule has 0 N–H and O–H groups in total. The Morgan fingerprint density at radius 2 is 2.14 bits per heavy atom. The number of hydrogen-bond acceptors (Lipinski definition) is 2. The predicted octanol–water partition coefficient (Wildman–Crippen LogP) is 3.22. The normalized spacial score (nSPS) is 10.8. The molecule has 0 saturated carbocycles. The van der Waals surface area contributed by atoms with Crippen LogP contribution in [-0.2, 0) is 6.18 Å². The van der Waals surface area contributed by atoms with Crippen molar-refractivity contribution in [3.8, 4) is 0 Å². The summed E-state index contributed by atoms with van der Waals surface area (Å²) in [6, 6.07) is 1.75. The van der Waals surface area contributed by atoms with Crippen LogP contribution in [0.25, 0.3) is 10.4 Å². The lowest BCUT2D eigenvalue weighted by atomic mass is 10.4. The fourth-order valence-electron chi connectivity index (χ4n) is 0.695. The first-order valence-corrected chi connectivity index (χ1v) is 4.03. The highest BCUT2D eigenvalue weighted by Crippen LogP contribution is 2.34. The Hall–Kier alpha value is -1.53. The van der Waals surface area contributed by atoms with Crippen LogP contribution in [0.1, 0.15) is 14.5 Å². The molecule has 0 aliphatic carbocycles. The molecular formula is C6H2F3N3OS. The average Bonchev–Trinajstić information content (AvgIpc) is 2.51. The lowest BCUT2D eigenvalue weighted by Crippen LogP contribution is -2.00. The molecule has 1 rings (SSSR count). The molecule has 14 heavy (non-hydrogen) atoms. The molecule has 8 heteroatoms. The molecule has 0 radical (unpaired) electrons. The Bertz CT molecular complexity index is 405. The number of nitrogens with zero attached hydrogens (tertiary/aromatic N) is 3. The number of amides is 1. The number of halogens is 3. The summed E-state index contributed by atoms with van der Waals surface area (Å²) in [5.41, 5.74) is 7.88. The Kier molecular flexibility index (Phi) is 2.78. The maximum atomic E-state index is 12.0. The molecule has 0 saturated heterocycles. The van der Waals surface area contributed by atoms with E-state index in [4.69, 9.17) is 5.53 Å². The minimum Gasteiger partial charge on any atom is -0.286 e. The van der Waals surface area contributed by atoms with Crippen LogP contribution in [0.5, 0.6) is 0 Å². The molecular weight excluding hydrogens is 219 g/mol. The second kappa shape index (κ2) is 3.69. The van der Waals surface area contributed by atoms with Crippen molar-refractivity contribution in [2.75, 3.05) is 0 Å². The Labute approximate surface area is 79.6 Å². The van der Waals surface area contributed by atoms with Crippen molar-refractivity contribution in [2.45, 2.75) is 6.18 Å². The van der Waals surface area contributed by atoms with Gasteiger partial charge in [-0.3, -0.25) is 4.79 Å². The predicted molar refractivity (Wildman–Crippen MR) is 42.8 cm³/mol. The summed E-state index contributed by atoms with van der Waals surface area (Å²) >= 11 is 0.248. The first-order chi connectivity index (χ1) is 6.45. The molecule has 0 aliphatic heterocycles. The number of hydrogen-bond donors (Lipinski definition) is 0. The number of rotatable bonds is 1. The Morgan fingerprint density at radius 3 is 2.57 bits per heavy atom. The number of carbonyl (C=O) groups is 1. The van der Waals surface area contributed by atoms with Gasteiger partial charge in [-0.1, -0.05) is 0 Å². The summed E-state index contributed by atoms with van der Waals surface area (Å²) in [6.45, 7) is 0. The van der Waals surface area contributed by atoms with Crippen molar-refractivity contribution in [1.29, 1.82) is 0 Å². The van der Waals surface area contributed by atoms with Crippen LogP contribution in [-0.4, -0.2) is 5.91 Å². The molecule has 1 aromatic rings.